The molecule has 0 bridgehead atoms. The van der Waals surface area contributed by atoms with E-state index in [-0.39, 0.29) is 0 Å². The van der Waals surface area contributed by atoms with Crippen LogP contribution in [0.5, 0.6) is 0 Å². The molecule has 0 aromatic rings. The zero-order valence-electron chi connectivity index (χ0n) is 3.63. The van der Waals surface area contributed by atoms with E-state index in [1.807, 2.05) is 16.0 Å². The number of carbonyl (C=O) groups is 2. The third-order valence-corrected chi connectivity index (χ3v) is 0.702. The van der Waals surface area contributed by atoms with E-state index in [9.17, 15) is 9.59 Å². The molecule has 3 nitrogen and oxygen atoms in total. The molecule has 0 aromatic heterocycles. The summed E-state index contributed by atoms with van der Waals surface area (Å²) >= 11 is 1.98. The van der Waals surface area contributed by atoms with E-state index in [0.29, 0.717) is 0 Å². The molecule has 0 spiro atoms. The Morgan fingerprint density at radius 1 is 1.57 bits per heavy atom. The third kappa shape index (κ3) is 2.37. The second-order valence-corrected chi connectivity index (χ2v) is 1.56. The molecule has 0 aliphatic rings. The maximum atomic E-state index is 9.91. The first-order valence-electron chi connectivity index (χ1n) is 1.47. The van der Waals surface area contributed by atoms with Gasteiger partial charge >= 0.3 is 48.1 Å². The number of ether oxygens (including phenoxy) is 1. The zero-order valence-corrected chi connectivity index (χ0v) is 5.35. The molecule has 4 heteroatoms. The van der Waals surface area contributed by atoms with Crippen molar-refractivity contribution in [1.82, 2.24) is 0 Å². The second-order valence-electron chi connectivity index (χ2n) is 0.779. The molecule has 0 rings (SSSR count). The van der Waals surface area contributed by atoms with E-state index in [4.69, 9.17) is 0 Å². The summed E-state index contributed by atoms with van der Waals surface area (Å²) in [5.41, 5.74) is 0. The fraction of sp³-hybridized carbons (Fsp3) is 0.333. The average molecular weight is 166 g/mol. The molecule has 39 valence electrons. The number of hydrogen-bond acceptors (Lipinski definition) is 3. The van der Waals surface area contributed by atoms with Crippen molar-refractivity contribution in [3.8, 4) is 0 Å². The van der Waals surface area contributed by atoms with Gasteiger partial charge in [0.25, 0.3) is 0 Å². The Morgan fingerprint density at radius 2 is 2.00 bits per heavy atom. The van der Waals surface area contributed by atoms with Crippen LogP contribution in [0.3, 0.4) is 0 Å². The minimum atomic E-state index is -0.847. The van der Waals surface area contributed by atoms with E-state index < -0.39 is 10.7 Å². The molecule has 0 amide bonds. The molecule has 1 radical (unpaired) electrons. The van der Waals surface area contributed by atoms with Crippen LogP contribution >= 0.6 is 0 Å². The van der Waals surface area contributed by atoms with Crippen LogP contribution in [0.4, 0.5) is 0 Å². The topological polar surface area (TPSA) is 43.4 Å². The van der Waals surface area contributed by atoms with Gasteiger partial charge in [-0.15, -0.1) is 0 Å². The number of rotatable bonds is 1. The van der Waals surface area contributed by atoms with E-state index >= 15 is 0 Å². The SMILES string of the molecule is COC(=O)C(=O)[Se]. The van der Waals surface area contributed by atoms with Crippen LogP contribution in [0.25, 0.3) is 0 Å². The van der Waals surface area contributed by atoms with Crippen molar-refractivity contribution < 1.29 is 14.3 Å². The van der Waals surface area contributed by atoms with Crippen LogP contribution < -0.4 is 0 Å². The summed E-state index contributed by atoms with van der Waals surface area (Å²) in [6, 6.07) is 0. The molecule has 0 heterocycles. The van der Waals surface area contributed by atoms with Gasteiger partial charge in [-0.1, -0.05) is 0 Å². The van der Waals surface area contributed by atoms with Gasteiger partial charge in [-0.25, -0.2) is 0 Å². The number of esters is 1. The van der Waals surface area contributed by atoms with Gasteiger partial charge in [-0.05, 0) is 0 Å². The number of carbonyl (C=O) groups excluding carboxylic acids is 2. The summed E-state index contributed by atoms with van der Waals surface area (Å²) in [4.78, 5) is 19.8. The van der Waals surface area contributed by atoms with Crippen molar-refractivity contribution in [2.45, 2.75) is 0 Å². The Labute approximate surface area is 48.8 Å². The Bertz CT molecular complexity index is 98.4. The Balaban J connectivity index is 3.58. The molecule has 0 aliphatic heterocycles. The standard InChI is InChI=1S/C3H3O3Se/c1-6-2(4)3(5)7/h1H3. The Hall–Kier alpha value is -0.341. The van der Waals surface area contributed by atoms with E-state index in [2.05, 4.69) is 4.74 Å². The number of methoxy groups -OCH3 is 1. The van der Waals surface area contributed by atoms with Gasteiger partial charge in [-0.3, -0.25) is 0 Å². The molecule has 0 unspecified atom stereocenters. The van der Waals surface area contributed by atoms with Crippen molar-refractivity contribution in [2.75, 3.05) is 7.11 Å². The molecule has 0 saturated heterocycles. The molecule has 7 heavy (non-hydrogen) atoms. The molecule has 0 atom stereocenters. The van der Waals surface area contributed by atoms with Gasteiger partial charge in [-0.2, -0.15) is 0 Å². The molecular weight excluding hydrogens is 163 g/mol. The fourth-order valence-corrected chi connectivity index (χ4v) is 0.258. The summed E-state index contributed by atoms with van der Waals surface area (Å²) in [5, 5.41) is 0. The van der Waals surface area contributed by atoms with E-state index in [1.165, 1.54) is 0 Å². The predicted octanol–water partition coefficient (Wildman–Crippen LogP) is -1.15. The van der Waals surface area contributed by atoms with Crippen LogP contribution in [0.1, 0.15) is 0 Å². The van der Waals surface area contributed by atoms with Crippen molar-refractivity contribution in [3.63, 3.8) is 0 Å². The molecule has 0 fully saturated rings. The number of hydrogen-bond donors (Lipinski definition) is 0. The minimum absolute atomic E-state index is 0.692. The van der Waals surface area contributed by atoms with Gasteiger partial charge in [0.1, 0.15) is 0 Å². The van der Waals surface area contributed by atoms with Crippen molar-refractivity contribution in [1.29, 1.82) is 0 Å². The monoisotopic (exact) mass is 167 g/mol. The average Bonchev–Trinajstić information content (AvgIpc) is 1.65. The molecule has 0 N–H and O–H groups in total. The van der Waals surface area contributed by atoms with E-state index in [0.717, 1.165) is 7.11 Å². The van der Waals surface area contributed by atoms with Crippen LogP contribution in [0, 0.1) is 0 Å². The summed E-state index contributed by atoms with van der Waals surface area (Å²) in [6.45, 7) is 0. The summed E-state index contributed by atoms with van der Waals surface area (Å²) < 4.78 is 3.30. The summed E-state index contributed by atoms with van der Waals surface area (Å²) in [5.74, 6) is -0.847. The van der Waals surface area contributed by atoms with E-state index in [1.54, 1.807) is 0 Å². The van der Waals surface area contributed by atoms with Crippen LogP contribution in [0.15, 0.2) is 0 Å². The zero-order chi connectivity index (χ0) is 5.86. The van der Waals surface area contributed by atoms with Crippen LogP contribution in [-0.2, 0) is 14.3 Å². The van der Waals surface area contributed by atoms with Gasteiger partial charge in [0.05, 0.1) is 0 Å². The van der Waals surface area contributed by atoms with Crippen molar-refractivity contribution >= 4 is 26.7 Å². The quantitative estimate of drug-likeness (QED) is 0.281. The second kappa shape index (κ2) is 2.77. The molecule has 0 aromatic carbocycles. The van der Waals surface area contributed by atoms with Crippen LogP contribution in [0.2, 0.25) is 0 Å². The molecular formula is C3H3O3Se. The first-order valence-corrected chi connectivity index (χ1v) is 2.33. The Kier molecular flexibility index (Phi) is 2.64. The molecule has 0 saturated carbocycles. The first kappa shape index (κ1) is 6.66. The molecule has 0 aliphatic carbocycles. The normalized spacial score (nSPS) is 7.57. The van der Waals surface area contributed by atoms with Gasteiger partial charge in [0.15, 0.2) is 0 Å². The van der Waals surface area contributed by atoms with Gasteiger partial charge in [0, 0.05) is 0 Å². The van der Waals surface area contributed by atoms with Crippen LogP contribution in [-0.4, -0.2) is 33.8 Å². The van der Waals surface area contributed by atoms with Crippen molar-refractivity contribution in [2.24, 2.45) is 0 Å². The van der Waals surface area contributed by atoms with Gasteiger partial charge in [0.2, 0.25) is 0 Å². The third-order valence-electron chi connectivity index (χ3n) is 0.352. The van der Waals surface area contributed by atoms with Crippen molar-refractivity contribution in [3.05, 3.63) is 0 Å². The van der Waals surface area contributed by atoms with Gasteiger partial charge < -0.3 is 0 Å². The predicted molar refractivity (Wildman–Crippen MR) is 22.8 cm³/mol. The fourth-order valence-electron chi connectivity index (χ4n) is 0.0833. The first-order chi connectivity index (χ1) is 3.18. The summed E-state index contributed by atoms with van der Waals surface area (Å²) in [7, 11) is 1.15. The summed E-state index contributed by atoms with van der Waals surface area (Å²) in [6.07, 6.45) is 0. The maximum absolute atomic E-state index is 9.91. The Morgan fingerprint density at radius 3 is 2.00 bits per heavy atom.